The normalized spacial score (nSPS) is 37.9. The Morgan fingerprint density at radius 3 is 1.32 bits per heavy atom. The molecule has 5 aliphatic heterocycles. The van der Waals surface area contributed by atoms with Gasteiger partial charge in [-0.1, -0.05) is 70.4 Å². The van der Waals surface area contributed by atoms with E-state index < -0.39 is 197 Å². The monoisotopic (exact) mass is 1420 g/mol. The van der Waals surface area contributed by atoms with Crippen molar-refractivity contribution in [2.45, 2.75) is 311 Å². The minimum atomic E-state index is -1.92. The van der Waals surface area contributed by atoms with Crippen LogP contribution in [0, 0.1) is 0 Å². The second-order valence-corrected chi connectivity index (χ2v) is 27.3. The third-order valence-corrected chi connectivity index (χ3v) is 18.6. The molecule has 0 radical (unpaired) electrons. The Labute approximate surface area is 580 Å². The quantitative estimate of drug-likeness (QED) is 0.0177. The maximum Gasteiger partial charge on any atom is 0.368 e. The average Bonchev–Trinajstić information content (AvgIpc) is 0.812. The summed E-state index contributed by atoms with van der Waals surface area (Å²) in [7, 11) is 0. The highest BCUT2D eigenvalue weighted by atomic mass is 17.2. The van der Waals surface area contributed by atoms with Gasteiger partial charge in [-0.05, 0) is 146 Å². The van der Waals surface area contributed by atoms with Gasteiger partial charge in [0.1, 0.15) is 104 Å². The molecule has 28 atom stereocenters. The van der Waals surface area contributed by atoms with Crippen molar-refractivity contribution in [2.24, 2.45) is 0 Å². The number of carbonyl (C=O) groups is 1. The van der Waals surface area contributed by atoms with Crippen LogP contribution < -0.4 is 0 Å². The van der Waals surface area contributed by atoms with Gasteiger partial charge >= 0.3 is 5.97 Å². The number of aliphatic hydroxyl groups excluding tert-OH is 16. The zero-order valence-electron chi connectivity index (χ0n) is 58.6. The highest BCUT2D eigenvalue weighted by molar-refractivity contribution is 5.87. The third kappa shape index (κ3) is 25.0. The fourth-order valence-corrected chi connectivity index (χ4v) is 11.8. The number of hydrogen-bond donors (Lipinski definition) is 16. The maximum atomic E-state index is 13.1. The van der Waals surface area contributed by atoms with Gasteiger partial charge in [-0.25, -0.2) is 4.79 Å². The molecule has 5 fully saturated rings. The predicted octanol–water partition coefficient (Wildman–Crippen LogP) is 0.841. The first-order valence-corrected chi connectivity index (χ1v) is 34.0. The summed E-state index contributed by atoms with van der Waals surface area (Å²) >= 11 is 0. The maximum absolute atomic E-state index is 13.1. The molecule has 0 amide bonds. The molecule has 0 spiro atoms. The van der Waals surface area contributed by atoms with Gasteiger partial charge in [0.2, 0.25) is 0 Å². The number of carbonyl (C=O) groups excluding carboxylic acids is 1. The standard InChI is InChI=1S/C70H114O29/c1-13-69(11,96-67-57(83)53(79)50(76)45(32-71)92-67)28-18-26-37(4)21-15-20-36(3)23-17-25-40(7)34-88-64-59(85)61(48(74)42(9)90-64)95-66-56(82)55(81)52(78)47(94-66)35-89-65-60(86)62(49(75)43(10)91-65)98-99-63(87)41(8)31-44(73)30-39(6)24-16-22-38(5)27-19-29-70(12,14-2)97-68-58(84)54(80)51(77)46(33-72)93-68/h13-14,20,24-27,31,42-62,64-68,71-86H,1-2,15-19,21-23,28-30,32-35H2,3-12H3/b36-20+,37-26+,38-27+,39-24+,40-25-,41-31+/t42-,43-,44+,45+,46+,47+,48-,49-,50+,51+,52+,53-,54-,55-,56+,57+,58+,59+,60+,61+,62+,64+,65+,66-,67-,68-,69+,70+/m0/s1. The van der Waals surface area contributed by atoms with Crippen molar-refractivity contribution in [1.82, 2.24) is 0 Å². The van der Waals surface area contributed by atoms with Crippen molar-refractivity contribution in [1.29, 1.82) is 0 Å². The van der Waals surface area contributed by atoms with Crippen molar-refractivity contribution in [3.8, 4) is 0 Å². The SMILES string of the molecule is C=C[C@](C)(CC/C=C(\C)CC/C=C(\C)CC/C=C(/C)CO[C@@H]1O[C@@H](C)[C@H](O)[C@@H](O[C@@H]2O[C@H](CO[C@@H]3O[C@@H](C)[C@H](O)[C@@H](OOC(=O)/C(C)=C/[C@H](O)C/C(C)=C/CC/C(C)=C/CC[C@@](C)(C=C)O[C@@H]4O[C@H](CO)[C@@H](O)[C@H](O)[C@H]4O)[C@H]3O)[C@@H](O)[C@H](O)[C@H]2O)[C@H]1O)O[C@@H]1O[C@H](CO)[C@@H](O)[C@H](O)[C@H]1O. The van der Waals surface area contributed by atoms with Gasteiger partial charge in [-0.3, -0.25) is 4.89 Å². The van der Waals surface area contributed by atoms with Crippen molar-refractivity contribution in [2.75, 3.05) is 26.4 Å². The van der Waals surface area contributed by atoms with Crippen LogP contribution in [-0.4, -0.2) is 285 Å². The molecule has 0 unspecified atom stereocenters. The van der Waals surface area contributed by atoms with Crippen LogP contribution in [0.5, 0.6) is 0 Å². The summed E-state index contributed by atoms with van der Waals surface area (Å²) in [5.74, 6) is -1.05. The molecule has 5 saturated heterocycles. The zero-order valence-corrected chi connectivity index (χ0v) is 58.6. The number of aliphatic hydroxyl groups is 16. The molecule has 0 aromatic rings. The van der Waals surface area contributed by atoms with E-state index in [1.165, 1.54) is 32.4 Å². The average molecular weight is 1420 g/mol. The van der Waals surface area contributed by atoms with Crippen LogP contribution in [0.4, 0.5) is 0 Å². The predicted molar refractivity (Wildman–Crippen MR) is 353 cm³/mol. The lowest BCUT2D eigenvalue weighted by molar-refractivity contribution is -0.382. The van der Waals surface area contributed by atoms with Crippen LogP contribution >= 0.6 is 0 Å². The van der Waals surface area contributed by atoms with E-state index in [1.54, 1.807) is 26.0 Å². The van der Waals surface area contributed by atoms with Crippen LogP contribution in [-0.2, 0) is 61.9 Å². The second-order valence-electron chi connectivity index (χ2n) is 27.3. The summed E-state index contributed by atoms with van der Waals surface area (Å²) in [5, 5.41) is 169. The molecule has 568 valence electrons. The van der Waals surface area contributed by atoms with Gasteiger partial charge in [0, 0.05) is 5.57 Å². The first kappa shape index (κ1) is 86.0. The highest BCUT2D eigenvalue weighted by Crippen LogP contribution is 2.35. The van der Waals surface area contributed by atoms with E-state index in [0.29, 0.717) is 44.9 Å². The van der Waals surface area contributed by atoms with E-state index in [4.69, 9.17) is 57.1 Å². The Hall–Kier alpha value is -3.69. The molecule has 0 aromatic heterocycles. The minimum Gasteiger partial charge on any atom is -0.394 e. The molecule has 0 saturated carbocycles. The first-order valence-electron chi connectivity index (χ1n) is 34.0. The van der Waals surface area contributed by atoms with Gasteiger partial charge in [-0.15, -0.1) is 13.2 Å². The van der Waals surface area contributed by atoms with Gasteiger partial charge in [0.25, 0.3) is 0 Å². The molecule has 5 heterocycles. The fourth-order valence-electron chi connectivity index (χ4n) is 11.8. The van der Waals surface area contributed by atoms with Gasteiger partial charge in [0.05, 0.1) is 55.9 Å². The van der Waals surface area contributed by atoms with Crippen molar-refractivity contribution < 1.29 is 144 Å². The molecule has 0 aliphatic carbocycles. The Bertz CT molecular complexity index is 2680. The lowest BCUT2D eigenvalue weighted by atomic mass is 9.96. The summed E-state index contributed by atoms with van der Waals surface area (Å²) in [6.45, 7) is 23.4. The molecule has 5 rings (SSSR count). The topological polar surface area (TPSA) is 452 Å². The van der Waals surface area contributed by atoms with Crippen LogP contribution in [0.2, 0.25) is 0 Å². The number of hydrogen-bond acceptors (Lipinski definition) is 29. The lowest BCUT2D eigenvalue weighted by Crippen LogP contribution is -2.64. The highest BCUT2D eigenvalue weighted by Gasteiger charge is 2.53. The Morgan fingerprint density at radius 1 is 0.465 bits per heavy atom. The van der Waals surface area contributed by atoms with E-state index in [9.17, 15) is 86.5 Å². The smallest absolute Gasteiger partial charge is 0.368 e. The first-order chi connectivity index (χ1) is 46.6. The summed E-state index contributed by atoms with van der Waals surface area (Å²) in [6, 6.07) is 0. The molecule has 5 aliphatic rings. The Morgan fingerprint density at radius 2 is 0.859 bits per heavy atom. The Balaban J connectivity index is 1.04. The van der Waals surface area contributed by atoms with Gasteiger partial charge in [-0.2, -0.15) is 4.89 Å². The number of allylic oxidation sites excluding steroid dienone is 8. The molecular formula is C70H114O29. The molecule has 29 heteroatoms. The summed E-state index contributed by atoms with van der Waals surface area (Å²) in [6.07, 6.45) is -17.6. The largest absolute Gasteiger partial charge is 0.394 e. The van der Waals surface area contributed by atoms with E-state index in [1.807, 2.05) is 52.8 Å². The lowest BCUT2D eigenvalue weighted by Gasteiger charge is -2.46. The van der Waals surface area contributed by atoms with E-state index in [0.717, 1.165) is 41.6 Å². The van der Waals surface area contributed by atoms with E-state index in [-0.39, 0.29) is 18.6 Å². The molecule has 16 N–H and O–H groups in total. The van der Waals surface area contributed by atoms with E-state index >= 15 is 0 Å². The van der Waals surface area contributed by atoms with Crippen molar-refractivity contribution in [3.05, 3.63) is 95.2 Å². The van der Waals surface area contributed by atoms with Crippen LogP contribution in [0.25, 0.3) is 0 Å². The molecule has 0 aromatic carbocycles. The van der Waals surface area contributed by atoms with Crippen molar-refractivity contribution >= 4 is 5.97 Å². The van der Waals surface area contributed by atoms with Gasteiger partial charge in [0.15, 0.2) is 37.6 Å². The summed E-state index contributed by atoms with van der Waals surface area (Å²) in [4.78, 5) is 23.3. The number of rotatable bonds is 37. The van der Waals surface area contributed by atoms with Gasteiger partial charge < -0.3 is 129 Å². The van der Waals surface area contributed by atoms with Crippen LogP contribution in [0.3, 0.4) is 0 Å². The second kappa shape index (κ2) is 40.5. The summed E-state index contributed by atoms with van der Waals surface area (Å²) in [5.41, 5.74) is 3.04. The van der Waals surface area contributed by atoms with Crippen LogP contribution in [0.1, 0.15) is 140 Å². The zero-order chi connectivity index (χ0) is 73.8. The summed E-state index contributed by atoms with van der Waals surface area (Å²) < 4.78 is 58.0. The molecular weight excluding hydrogens is 1300 g/mol. The minimum absolute atomic E-state index is 0.0271. The van der Waals surface area contributed by atoms with E-state index in [2.05, 4.69) is 25.3 Å². The molecule has 0 bridgehead atoms. The van der Waals surface area contributed by atoms with Crippen molar-refractivity contribution in [3.63, 3.8) is 0 Å². The fraction of sp³-hybridized carbons (Fsp3) is 0.757. The Kier molecular flexibility index (Phi) is 35.2. The number of ether oxygens (including phenoxy) is 10. The molecule has 99 heavy (non-hydrogen) atoms. The third-order valence-electron chi connectivity index (χ3n) is 18.6. The molecule has 29 nitrogen and oxygen atoms in total. The van der Waals surface area contributed by atoms with Crippen LogP contribution in [0.15, 0.2) is 95.2 Å².